The first-order chi connectivity index (χ1) is 22.2. The molecule has 0 aliphatic carbocycles. The molecule has 244 valence electrons. The van der Waals surface area contributed by atoms with Gasteiger partial charge in [-0.1, -0.05) is 39.1 Å². The summed E-state index contributed by atoms with van der Waals surface area (Å²) in [7, 11) is 1.65. The number of hydrogen-bond donors (Lipinski definition) is 4. The third-order valence-electron chi connectivity index (χ3n) is 8.01. The summed E-state index contributed by atoms with van der Waals surface area (Å²) >= 11 is 2.73. The molecule has 2 heterocycles. The number of aromatic hydroxyl groups is 2. The minimum absolute atomic E-state index is 0.00139. The Bertz CT molecular complexity index is 2040. The molecule has 5 rings (SSSR count). The number of phenols is 2. The van der Waals surface area contributed by atoms with Gasteiger partial charge >= 0.3 is 12.1 Å². The number of hydrogen-bond acceptors (Lipinski definition) is 10. The second kappa shape index (κ2) is 13.1. The van der Waals surface area contributed by atoms with Crippen LogP contribution in [0.4, 0.5) is 16.2 Å². The molecule has 0 bridgehead atoms. The number of aliphatic carboxylic acids is 1. The molecule has 0 unspecified atom stereocenters. The molecular weight excluding hydrogens is 641 g/mol. The van der Waals surface area contributed by atoms with Gasteiger partial charge in [0.15, 0.2) is 6.04 Å². The average Bonchev–Trinajstić information content (AvgIpc) is 3.69. The standard InChI is InChI=1S/C34H34N4O7S2/c1-17-18(2)29(41)27(19(3)28(17)40)34(4,5)14-26(39)38(6)22-10-7-20(8-11-22)15-45-33(44)35-21-9-12-23-25(13-21)47-31(36-23)30-37-24(16-46-30)32(42)43/h7-13,24,40-41H,2-3,14-16H2,1,4-6H3,(H,35,44)(H,42,43)/t24-/m1/s1. The molecule has 13 heteroatoms. The van der Waals surface area contributed by atoms with Crippen molar-refractivity contribution in [3.63, 3.8) is 0 Å². The fourth-order valence-electron chi connectivity index (χ4n) is 5.25. The van der Waals surface area contributed by atoms with Crippen LogP contribution in [0.1, 0.15) is 42.0 Å². The maximum atomic E-state index is 13.3. The number of carboxylic acid groups (broad SMARTS) is 1. The molecule has 0 saturated carbocycles. The lowest BCUT2D eigenvalue weighted by Gasteiger charge is -2.29. The molecule has 0 saturated heterocycles. The van der Waals surface area contributed by atoms with E-state index in [4.69, 9.17) is 4.74 Å². The van der Waals surface area contributed by atoms with E-state index in [9.17, 15) is 29.7 Å². The molecule has 4 N–H and O–H groups in total. The van der Waals surface area contributed by atoms with Crippen molar-refractivity contribution in [3.05, 3.63) is 74.6 Å². The summed E-state index contributed by atoms with van der Waals surface area (Å²) in [6.45, 7) is 13.0. The predicted molar refractivity (Wildman–Crippen MR) is 186 cm³/mol. The van der Waals surface area contributed by atoms with Gasteiger partial charge in [-0.3, -0.25) is 15.1 Å². The minimum Gasteiger partial charge on any atom is -0.507 e. The van der Waals surface area contributed by atoms with E-state index in [-0.39, 0.29) is 35.7 Å². The summed E-state index contributed by atoms with van der Waals surface area (Å²) in [5.74, 6) is -0.932. The van der Waals surface area contributed by atoms with Gasteiger partial charge in [-0.25, -0.2) is 14.6 Å². The second-order valence-corrected chi connectivity index (χ2v) is 13.9. The predicted octanol–water partition coefficient (Wildman–Crippen LogP) is 4.86. The van der Waals surface area contributed by atoms with Gasteiger partial charge in [0, 0.05) is 57.6 Å². The van der Waals surface area contributed by atoms with Gasteiger partial charge in [-0.05, 0) is 42.8 Å². The number of nitrogens with one attached hydrogen (secondary N) is 1. The molecule has 11 nitrogen and oxygen atoms in total. The lowest BCUT2D eigenvalue weighted by molar-refractivity contribution is -0.137. The van der Waals surface area contributed by atoms with Crippen LogP contribution in [0.3, 0.4) is 0 Å². The van der Waals surface area contributed by atoms with Crippen LogP contribution in [0.5, 0.6) is 11.5 Å². The van der Waals surface area contributed by atoms with E-state index in [1.807, 2.05) is 0 Å². The number of ether oxygens (including phenoxy) is 1. The number of thioether (sulfide) groups is 1. The van der Waals surface area contributed by atoms with E-state index in [1.54, 1.807) is 70.3 Å². The maximum Gasteiger partial charge on any atom is 0.411 e. The number of benzene rings is 3. The number of amides is 2. The summed E-state index contributed by atoms with van der Waals surface area (Å²) < 4.78 is 6.21. The molecule has 1 aliphatic rings. The lowest BCUT2D eigenvalue weighted by Crippen LogP contribution is -2.36. The summed E-state index contributed by atoms with van der Waals surface area (Å²) in [5.41, 5.74) is 2.54. The Morgan fingerprint density at radius 3 is 2.45 bits per heavy atom. The normalized spacial score (nSPS) is 14.6. The van der Waals surface area contributed by atoms with E-state index in [0.717, 1.165) is 4.70 Å². The number of phenolic OH excluding ortho intramolecular Hbond substituents is 2. The summed E-state index contributed by atoms with van der Waals surface area (Å²) in [6.07, 6.45) is -0.617. The highest BCUT2D eigenvalue weighted by molar-refractivity contribution is 8.15. The smallest absolute Gasteiger partial charge is 0.411 e. The average molecular weight is 675 g/mol. The molecule has 2 amide bonds. The summed E-state index contributed by atoms with van der Waals surface area (Å²) in [5, 5.41) is 35.0. The van der Waals surface area contributed by atoms with Gasteiger partial charge in [0.1, 0.15) is 28.2 Å². The molecular formula is C34H34N4O7S2. The number of aromatic nitrogens is 1. The third kappa shape index (κ3) is 6.96. The van der Waals surface area contributed by atoms with Gasteiger partial charge in [0.25, 0.3) is 0 Å². The van der Waals surface area contributed by atoms with Crippen molar-refractivity contribution in [1.29, 1.82) is 0 Å². The zero-order valence-electron chi connectivity index (χ0n) is 26.3. The van der Waals surface area contributed by atoms with E-state index < -0.39 is 23.5 Å². The van der Waals surface area contributed by atoms with Crippen molar-refractivity contribution in [2.45, 2.75) is 45.3 Å². The van der Waals surface area contributed by atoms with Crippen molar-refractivity contribution in [1.82, 2.24) is 4.98 Å². The molecule has 47 heavy (non-hydrogen) atoms. The number of thiazole rings is 1. The van der Waals surface area contributed by atoms with Crippen LogP contribution in [0.25, 0.3) is 23.4 Å². The monoisotopic (exact) mass is 674 g/mol. The Balaban J connectivity index is 1.17. The minimum atomic E-state index is -0.960. The van der Waals surface area contributed by atoms with Gasteiger partial charge in [0.05, 0.1) is 10.2 Å². The number of nitrogens with zero attached hydrogens (tertiary/aromatic N) is 3. The topological polar surface area (TPSA) is 162 Å². The first-order valence-corrected chi connectivity index (χ1v) is 16.3. The molecule has 0 radical (unpaired) electrons. The molecule has 1 aliphatic heterocycles. The Morgan fingerprint density at radius 1 is 1.09 bits per heavy atom. The van der Waals surface area contributed by atoms with Gasteiger partial charge in [-0.15, -0.1) is 23.1 Å². The fourth-order valence-corrected chi connectivity index (χ4v) is 7.35. The van der Waals surface area contributed by atoms with Gasteiger partial charge in [0.2, 0.25) is 5.91 Å². The fraction of sp³-hybridized carbons (Fsp3) is 0.265. The first kappa shape index (κ1) is 33.5. The molecule has 3 aromatic carbocycles. The number of carbonyl (C=O) groups is 3. The molecule has 1 atom stereocenters. The van der Waals surface area contributed by atoms with Crippen molar-refractivity contribution in [3.8, 4) is 11.5 Å². The summed E-state index contributed by atoms with van der Waals surface area (Å²) in [4.78, 5) is 47.3. The van der Waals surface area contributed by atoms with Crippen molar-refractivity contribution in [2.75, 3.05) is 23.0 Å². The second-order valence-electron chi connectivity index (χ2n) is 11.8. The Hall–Kier alpha value is -4.88. The number of anilines is 2. The van der Waals surface area contributed by atoms with Crippen LogP contribution in [0.15, 0.2) is 47.5 Å². The number of fused-ring (bicyclic) bond motifs is 1. The molecule has 0 spiro atoms. The highest BCUT2D eigenvalue weighted by atomic mass is 32.2. The summed E-state index contributed by atoms with van der Waals surface area (Å²) in [6, 6.07) is 11.5. The van der Waals surface area contributed by atoms with Crippen LogP contribution < -0.4 is 20.7 Å². The van der Waals surface area contributed by atoms with E-state index in [0.29, 0.717) is 54.6 Å². The van der Waals surface area contributed by atoms with Crippen LogP contribution in [-0.4, -0.2) is 62.2 Å². The van der Waals surface area contributed by atoms with Crippen molar-refractivity contribution < 1.29 is 34.4 Å². The number of rotatable bonds is 9. The Morgan fingerprint density at radius 2 is 1.79 bits per heavy atom. The number of aliphatic imine (C=N–C) groups is 1. The quantitative estimate of drug-likeness (QED) is 0.182. The molecule has 0 fully saturated rings. The number of carbonyl (C=O) groups excluding carboxylic acids is 2. The van der Waals surface area contributed by atoms with Crippen LogP contribution >= 0.6 is 23.1 Å². The van der Waals surface area contributed by atoms with E-state index in [2.05, 4.69) is 28.5 Å². The van der Waals surface area contributed by atoms with E-state index >= 15 is 0 Å². The van der Waals surface area contributed by atoms with Crippen molar-refractivity contribution in [2.24, 2.45) is 4.99 Å². The van der Waals surface area contributed by atoms with Gasteiger partial charge < -0.3 is 25.0 Å². The molecule has 1 aromatic heterocycles. The Labute approximate surface area is 278 Å². The van der Waals surface area contributed by atoms with Crippen molar-refractivity contribution >= 4 is 80.9 Å². The Kier molecular flexibility index (Phi) is 9.32. The highest BCUT2D eigenvalue weighted by Crippen LogP contribution is 2.33. The van der Waals surface area contributed by atoms with Crippen LogP contribution in [-0.2, 0) is 26.3 Å². The van der Waals surface area contributed by atoms with Crippen LogP contribution in [0.2, 0.25) is 0 Å². The molecule has 4 aromatic rings. The number of carboxylic acids is 1. The first-order valence-electron chi connectivity index (χ1n) is 14.5. The SMILES string of the molecule is C=c1c(C)c(O)c(=C)c(C(C)(C)CC(=O)N(C)c2ccc(COC(=O)Nc3ccc4nc(C5=N[C@@H](C(=O)O)CS5)sc4c3)cc2)c1O. The zero-order chi connectivity index (χ0) is 34.2. The zero-order valence-corrected chi connectivity index (χ0v) is 27.9. The van der Waals surface area contributed by atoms with Crippen LogP contribution in [0, 0.1) is 6.92 Å². The third-order valence-corrected chi connectivity index (χ3v) is 10.2. The maximum absolute atomic E-state index is 13.3. The van der Waals surface area contributed by atoms with Gasteiger partial charge in [-0.2, -0.15) is 0 Å². The lowest BCUT2D eigenvalue weighted by atomic mass is 9.78. The highest BCUT2D eigenvalue weighted by Gasteiger charge is 2.31. The largest absolute Gasteiger partial charge is 0.507 e. The van der Waals surface area contributed by atoms with E-state index in [1.165, 1.54) is 28.0 Å².